The zero-order valence-corrected chi connectivity index (χ0v) is 13.9. The van der Waals surface area contributed by atoms with Crippen LogP contribution < -0.4 is 20.5 Å². The fourth-order valence-electron chi connectivity index (χ4n) is 2.87. The van der Waals surface area contributed by atoms with Crippen molar-refractivity contribution >= 4 is 5.96 Å². The average molecular weight is 321 g/mol. The lowest BCUT2D eigenvalue weighted by Crippen LogP contribution is -2.34. The van der Waals surface area contributed by atoms with Gasteiger partial charge in [0.1, 0.15) is 0 Å². The summed E-state index contributed by atoms with van der Waals surface area (Å²) in [6.07, 6.45) is 3.57. The third-order valence-electron chi connectivity index (χ3n) is 4.28. The number of hydrogen-bond donors (Lipinski definition) is 3. The molecule has 6 nitrogen and oxygen atoms in total. The Kier molecular flexibility index (Phi) is 6.52. The van der Waals surface area contributed by atoms with E-state index in [0.29, 0.717) is 19.0 Å². The number of guanidine groups is 1. The second kappa shape index (κ2) is 8.62. The Hall–Kier alpha value is -1.95. The van der Waals surface area contributed by atoms with Gasteiger partial charge in [0.2, 0.25) is 0 Å². The van der Waals surface area contributed by atoms with Crippen molar-refractivity contribution < 1.29 is 14.6 Å². The molecule has 0 saturated heterocycles. The van der Waals surface area contributed by atoms with Crippen LogP contribution in [-0.2, 0) is 6.42 Å². The SMILES string of the molecule is COc1ccc(CCNC(N)=NCC2CCCC2O)cc1OC. The quantitative estimate of drug-likeness (QED) is 0.520. The van der Waals surface area contributed by atoms with Gasteiger partial charge in [0.15, 0.2) is 17.5 Å². The molecule has 6 heteroatoms. The molecule has 1 saturated carbocycles. The smallest absolute Gasteiger partial charge is 0.188 e. The monoisotopic (exact) mass is 321 g/mol. The fraction of sp³-hybridized carbons (Fsp3) is 0.588. The van der Waals surface area contributed by atoms with Crippen LogP contribution in [-0.4, -0.2) is 44.5 Å². The number of rotatable bonds is 7. The molecule has 2 rings (SSSR count). The molecule has 1 aliphatic rings. The minimum absolute atomic E-state index is 0.224. The Labute approximate surface area is 137 Å². The van der Waals surface area contributed by atoms with Crippen molar-refractivity contribution in [2.45, 2.75) is 31.8 Å². The van der Waals surface area contributed by atoms with E-state index in [1.165, 1.54) is 0 Å². The van der Waals surface area contributed by atoms with Crippen molar-refractivity contribution in [1.29, 1.82) is 0 Å². The van der Waals surface area contributed by atoms with Crippen molar-refractivity contribution in [2.75, 3.05) is 27.3 Å². The molecule has 0 radical (unpaired) electrons. The summed E-state index contributed by atoms with van der Waals surface area (Å²) in [6.45, 7) is 1.29. The second-order valence-corrected chi connectivity index (χ2v) is 5.85. The number of nitrogens with one attached hydrogen (secondary N) is 1. The minimum Gasteiger partial charge on any atom is -0.493 e. The molecule has 1 aromatic carbocycles. The molecule has 1 fully saturated rings. The first-order chi connectivity index (χ1) is 11.1. The predicted octanol–water partition coefficient (Wildman–Crippen LogP) is 1.31. The Bertz CT molecular complexity index is 534. The van der Waals surface area contributed by atoms with Gasteiger partial charge in [-0.05, 0) is 37.0 Å². The standard InChI is InChI=1S/C17H27N3O3/c1-22-15-7-6-12(10-16(15)23-2)8-9-19-17(18)20-11-13-4-3-5-14(13)21/h6-7,10,13-14,21H,3-5,8-9,11H2,1-2H3,(H3,18,19,20). The molecular weight excluding hydrogens is 294 g/mol. The largest absolute Gasteiger partial charge is 0.493 e. The first-order valence-electron chi connectivity index (χ1n) is 8.06. The van der Waals surface area contributed by atoms with Gasteiger partial charge >= 0.3 is 0 Å². The average Bonchev–Trinajstić information content (AvgIpc) is 2.97. The number of benzene rings is 1. The molecule has 128 valence electrons. The molecule has 0 aromatic heterocycles. The van der Waals surface area contributed by atoms with Gasteiger partial charge in [-0.3, -0.25) is 4.99 Å². The topological polar surface area (TPSA) is 89.1 Å². The van der Waals surface area contributed by atoms with Crippen LogP contribution in [0.15, 0.2) is 23.2 Å². The minimum atomic E-state index is -0.224. The van der Waals surface area contributed by atoms with Crippen LogP contribution in [0.2, 0.25) is 0 Å². The van der Waals surface area contributed by atoms with Gasteiger partial charge in [0.25, 0.3) is 0 Å². The van der Waals surface area contributed by atoms with Gasteiger partial charge in [-0.15, -0.1) is 0 Å². The third kappa shape index (κ3) is 5.03. The molecule has 2 atom stereocenters. The van der Waals surface area contributed by atoms with Gasteiger partial charge < -0.3 is 25.6 Å². The summed E-state index contributed by atoms with van der Waals surface area (Å²) in [4.78, 5) is 4.33. The maximum atomic E-state index is 9.77. The lowest BCUT2D eigenvalue weighted by molar-refractivity contribution is 0.136. The summed E-state index contributed by atoms with van der Waals surface area (Å²) in [7, 11) is 3.25. The van der Waals surface area contributed by atoms with Crippen LogP contribution in [0.1, 0.15) is 24.8 Å². The van der Waals surface area contributed by atoms with E-state index in [1.807, 2.05) is 18.2 Å². The first-order valence-corrected chi connectivity index (χ1v) is 8.06. The molecule has 0 spiro atoms. The molecule has 0 amide bonds. The maximum absolute atomic E-state index is 9.77. The lowest BCUT2D eigenvalue weighted by atomic mass is 10.1. The van der Waals surface area contributed by atoms with Crippen molar-refractivity contribution in [2.24, 2.45) is 16.6 Å². The summed E-state index contributed by atoms with van der Waals surface area (Å²) in [5.41, 5.74) is 7.01. The summed E-state index contributed by atoms with van der Waals surface area (Å²) >= 11 is 0. The molecular formula is C17H27N3O3. The van der Waals surface area contributed by atoms with E-state index >= 15 is 0 Å². The highest BCUT2D eigenvalue weighted by Gasteiger charge is 2.24. The Balaban J connectivity index is 1.77. The number of ether oxygens (including phenoxy) is 2. The molecule has 1 aromatic rings. The van der Waals surface area contributed by atoms with Gasteiger partial charge in [-0.25, -0.2) is 0 Å². The first kappa shape index (κ1) is 17.4. The van der Waals surface area contributed by atoms with Crippen LogP contribution in [0.5, 0.6) is 11.5 Å². The molecule has 4 N–H and O–H groups in total. The molecule has 23 heavy (non-hydrogen) atoms. The second-order valence-electron chi connectivity index (χ2n) is 5.85. The number of aliphatic hydroxyl groups is 1. The molecule has 1 aliphatic carbocycles. The molecule has 0 bridgehead atoms. The maximum Gasteiger partial charge on any atom is 0.188 e. The number of aliphatic hydroxyl groups excluding tert-OH is 1. The number of aliphatic imine (C=N–C) groups is 1. The zero-order valence-electron chi connectivity index (χ0n) is 13.9. The van der Waals surface area contributed by atoms with Crippen molar-refractivity contribution in [3.8, 4) is 11.5 Å². The van der Waals surface area contributed by atoms with Gasteiger partial charge in [0.05, 0.1) is 20.3 Å². The lowest BCUT2D eigenvalue weighted by Gasteiger charge is -2.12. The number of nitrogens with zero attached hydrogens (tertiary/aromatic N) is 1. The van der Waals surface area contributed by atoms with Crippen LogP contribution >= 0.6 is 0 Å². The highest BCUT2D eigenvalue weighted by atomic mass is 16.5. The Morgan fingerprint density at radius 1 is 1.30 bits per heavy atom. The number of methoxy groups -OCH3 is 2. The van der Waals surface area contributed by atoms with Crippen LogP contribution in [0.25, 0.3) is 0 Å². The van der Waals surface area contributed by atoms with Gasteiger partial charge in [-0.2, -0.15) is 0 Å². The Morgan fingerprint density at radius 3 is 2.74 bits per heavy atom. The summed E-state index contributed by atoms with van der Waals surface area (Å²) < 4.78 is 10.5. The molecule has 2 unspecified atom stereocenters. The molecule has 0 aliphatic heterocycles. The summed E-state index contributed by atoms with van der Waals surface area (Å²) in [5.74, 6) is 2.13. The number of hydrogen-bond acceptors (Lipinski definition) is 4. The van der Waals surface area contributed by atoms with Gasteiger partial charge in [0, 0.05) is 19.0 Å². The highest BCUT2D eigenvalue weighted by molar-refractivity contribution is 5.77. The van der Waals surface area contributed by atoms with E-state index < -0.39 is 0 Å². The molecule has 0 heterocycles. The van der Waals surface area contributed by atoms with E-state index in [0.717, 1.165) is 42.7 Å². The van der Waals surface area contributed by atoms with Crippen molar-refractivity contribution in [1.82, 2.24) is 5.32 Å². The number of nitrogens with two attached hydrogens (primary N) is 1. The normalized spacial score (nSPS) is 21.3. The van der Waals surface area contributed by atoms with Crippen molar-refractivity contribution in [3.05, 3.63) is 23.8 Å². The van der Waals surface area contributed by atoms with Crippen LogP contribution in [0, 0.1) is 5.92 Å². The van der Waals surface area contributed by atoms with E-state index in [9.17, 15) is 5.11 Å². The fourth-order valence-corrected chi connectivity index (χ4v) is 2.87. The summed E-state index contributed by atoms with van der Waals surface area (Å²) in [6, 6.07) is 5.86. The van der Waals surface area contributed by atoms with E-state index in [2.05, 4.69) is 10.3 Å². The van der Waals surface area contributed by atoms with E-state index in [-0.39, 0.29) is 12.0 Å². The van der Waals surface area contributed by atoms with Gasteiger partial charge in [-0.1, -0.05) is 12.5 Å². The van der Waals surface area contributed by atoms with Crippen LogP contribution in [0.4, 0.5) is 0 Å². The Morgan fingerprint density at radius 2 is 2.09 bits per heavy atom. The zero-order chi connectivity index (χ0) is 16.7. The predicted molar refractivity (Wildman–Crippen MR) is 91.1 cm³/mol. The van der Waals surface area contributed by atoms with E-state index in [1.54, 1.807) is 14.2 Å². The highest BCUT2D eigenvalue weighted by Crippen LogP contribution is 2.27. The summed E-state index contributed by atoms with van der Waals surface area (Å²) in [5, 5.41) is 12.9. The third-order valence-corrected chi connectivity index (χ3v) is 4.28. The van der Waals surface area contributed by atoms with Crippen LogP contribution in [0.3, 0.4) is 0 Å². The van der Waals surface area contributed by atoms with E-state index in [4.69, 9.17) is 15.2 Å². The van der Waals surface area contributed by atoms with Crippen molar-refractivity contribution in [3.63, 3.8) is 0 Å².